The largest absolute Gasteiger partial charge is 0.475 e. The van der Waals surface area contributed by atoms with Crippen molar-refractivity contribution in [2.24, 2.45) is 11.8 Å². The van der Waals surface area contributed by atoms with Crippen molar-refractivity contribution in [3.05, 3.63) is 18.3 Å². The van der Waals surface area contributed by atoms with Gasteiger partial charge in [-0.15, -0.1) is 0 Å². The van der Waals surface area contributed by atoms with E-state index in [1.807, 2.05) is 29.7 Å². The number of anilines is 1. The van der Waals surface area contributed by atoms with Gasteiger partial charge in [0.05, 0.1) is 23.6 Å². The van der Waals surface area contributed by atoms with Gasteiger partial charge in [0.25, 0.3) is 0 Å². The number of fused-ring (bicyclic) bond motifs is 1. The number of carbonyl (C=O) groups excluding carboxylic acids is 2. The second-order valence-corrected chi connectivity index (χ2v) is 10.3. The molecule has 0 bridgehead atoms. The Morgan fingerprint density at radius 3 is 2.68 bits per heavy atom. The lowest BCUT2D eigenvalue weighted by Crippen LogP contribution is -2.56. The SMILES string of the molecule is CC(C)Oc1ccc(N2CC[C@H]3CC[C@@](O)(CN4C(=O)CCC45CC5)CC3C2=O)cn1. The molecule has 2 amide bonds. The Bertz CT molecular complexity index is 866. The maximum Gasteiger partial charge on any atom is 0.230 e. The first kappa shape index (κ1) is 20.7. The number of likely N-dealkylation sites (tertiary alicyclic amines) is 1. The summed E-state index contributed by atoms with van der Waals surface area (Å²) in [5.74, 6) is 0.899. The van der Waals surface area contributed by atoms with E-state index < -0.39 is 5.60 Å². The van der Waals surface area contributed by atoms with E-state index >= 15 is 0 Å². The molecule has 0 aromatic carbocycles. The number of hydrogen-bond donors (Lipinski definition) is 1. The average Bonchev–Trinajstić information content (AvgIpc) is 3.46. The van der Waals surface area contributed by atoms with Crippen LogP contribution in [-0.4, -0.2) is 57.1 Å². The molecule has 31 heavy (non-hydrogen) atoms. The minimum absolute atomic E-state index is 0.0117. The van der Waals surface area contributed by atoms with Gasteiger partial charge in [0, 0.05) is 37.0 Å². The maximum absolute atomic E-state index is 13.4. The van der Waals surface area contributed by atoms with E-state index in [2.05, 4.69) is 4.98 Å². The highest BCUT2D eigenvalue weighted by molar-refractivity contribution is 5.96. The van der Waals surface area contributed by atoms with Crippen LogP contribution >= 0.6 is 0 Å². The molecule has 1 N–H and O–H groups in total. The third kappa shape index (κ3) is 3.81. The average molecular weight is 428 g/mol. The third-order valence-corrected chi connectivity index (χ3v) is 7.80. The topological polar surface area (TPSA) is 83.0 Å². The van der Waals surface area contributed by atoms with Gasteiger partial charge in [0.1, 0.15) is 0 Å². The van der Waals surface area contributed by atoms with E-state index in [0.717, 1.165) is 37.8 Å². The van der Waals surface area contributed by atoms with Gasteiger partial charge in [-0.2, -0.15) is 0 Å². The number of piperidine rings is 1. The van der Waals surface area contributed by atoms with Gasteiger partial charge >= 0.3 is 0 Å². The Morgan fingerprint density at radius 1 is 1.19 bits per heavy atom. The van der Waals surface area contributed by atoms with Crippen LogP contribution in [0.3, 0.4) is 0 Å². The molecule has 4 aliphatic rings. The lowest BCUT2D eigenvalue weighted by molar-refractivity contribution is -0.140. The monoisotopic (exact) mass is 427 g/mol. The van der Waals surface area contributed by atoms with Crippen molar-refractivity contribution in [3.8, 4) is 5.88 Å². The molecule has 1 aromatic rings. The second kappa shape index (κ2) is 7.47. The van der Waals surface area contributed by atoms with Gasteiger partial charge in [-0.3, -0.25) is 9.59 Å². The second-order valence-electron chi connectivity index (χ2n) is 10.3. The first-order chi connectivity index (χ1) is 14.8. The molecule has 2 aliphatic heterocycles. The van der Waals surface area contributed by atoms with Crippen LogP contribution in [0, 0.1) is 11.8 Å². The highest BCUT2D eigenvalue weighted by atomic mass is 16.5. The summed E-state index contributed by atoms with van der Waals surface area (Å²) in [4.78, 5) is 34.0. The fraction of sp³-hybridized carbons (Fsp3) is 0.708. The predicted octanol–water partition coefficient (Wildman–Crippen LogP) is 2.91. The van der Waals surface area contributed by atoms with E-state index in [9.17, 15) is 14.7 Å². The van der Waals surface area contributed by atoms with Crippen LogP contribution in [0.25, 0.3) is 0 Å². The van der Waals surface area contributed by atoms with Crippen molar-refractivity contribution in [1.29, 1.82) is 0 Å². The summed E-state index contributed by atoms with van der Waals surface area (Å²) in [7, 11) is 0. The molecule has 4 fully saturated rings. The normalized spacial score (nSPS) is 32.0. The summed E-state index contributed by atoms with van der Waals surface area (Å²) in [5, 5.41) is 11.4. The molecule has 7 nitrogen and oxygen atoms in total. The molecule has 1 spiro atoms. The number of β-amino-alcohol motifs (C(OH)–C–C–N with tert-alkyl or cyclic N) is 1. The highest BCUT2D eigenvalue weighted by Crippen LogP contribution is 2.52. The van der Waals surface area contributed by atoms with Crippen molar-refractivity contribution in [1.82, 2.24) is 9.88 Å². The number of carbonyl (C=O) groups is 2. The highest BCUT2D eigenvalue weighted by Gasteiger charge is 2.57. The standard InChI is InChI=1S/C24H33N3O4/c1-16(2)31-20-4-3-18(14-25-20)26-12-7-17-5-9-24(30,13-19(17)22(26)29)15-27-21(28)6-8-23(27)10-11-23/h3-4,14,16-17,19,30H,5-13,15H2,1-2H3/t17-,19?,24+/m1/s1. The number of aromatic nitrogens is 1. The summed E-state index contributed by atoms with van der Waals surface area (Å²) in [5.41, 5.74) is -0.180. The first-order valence-electron chi connectivity index (χ1n) is 11.8. The van der Waals surface area contributed by atoms with Crippen LogP contribution in [0.1, 0.15) is 65.2 Å². The molecule has 0 radical (unpaired) electrons. The number of ether oxygens (including phenoxy) is 1. The molecule has 168 valence electrons. The molecule has 5 rings (SSSR count). The Hall–Kier alpha value is -2.15. The predicted molar refractivity (Wildman–Crippen MR) is 116 cm³/mol. The summed E-state index contributed by atoms with van der Waals surface area (Å²) >= 11 is 0. The molecular formula is C24H33N3O4. The smallest absolute Gasteiger partial charge is 0.230 e. The van der Waals surface area contributed by atoms with Crippen molar-refractivity contribution in [3.63, 3.8) is 0 Å². The van der Waals surface area contributed by atoms with Crippen LogP contribution in [0.15, 0.2) is 18.3 Å². The maximum atomic E-state index is 13.4. The zero-order valence-corrected chi connectivity index (χ0v) is 18.5. The zero-order valence-electron chi connectivity index (χ0n) is 18.5. The van der Waals surface area contributed by atoms with Gasteiger partial charge in [-0.1, -0.05) is 0 Å². The van der Waals surface area contributed by atoms with E-state index in [0.29, 0.717) is 44.1 Å². The quantitative estimate of drug-likeness (QED) is 0.781. The molecule has 3 heterocycles. The molecule has 7 heteroatoms. The van der Waals surface area contributed by atoms with E-state index in [1.165, 1.54) is 0 Å². The summed E-state index contributed by atoms with van der Waals surface area (Å²) < 4.78 is 5.61. The van der Waals surface area contributed by atoms with Crippen LogP contribution in [0.4, 0.5) is 5.69 Å². The number of pyridine rings is 1. The van der Waals surface area contributed by atoms with E-state index in [1.54, 1.807) is 12.3 Å². The van der Waals surface area contributed by atoms with Crippen molar-refractivity contribution < 1.29 is 19.4 Å². The molecular weight excluding hydrogens is 394 g/mol. The number of amides is 2. The fourth-order valence-corrected chi connectivity index (χ4v) is 5.90. The lowest BCUT2D eigenvalue weighted by atomic mass is 9.68. The minimum atomic E-state index is -0.970. The molecule has 1 unspecified atom stereocenters. The Morgan fingerprint density at radius 2 is 2.00 bits per heavy atom. The Kier molecular flexibility index (Phi) is 5.00. The van der Waals surface area contributed by atoms with Crippen LogP contribution < -0.4 is 9.64 Å². The zero-order chi connectivity index (χ0) is 21.8. The minimum Gasteiger partial charge on any atom is -0.475 e. The third-order valence-electron chi connectivity index (χ3n) is 7.80. The number of nitrogens with zero attached hydrogens (tertiary/aromatic N) is 3. The van der Waals surface area contributed by atoms with E-state index in [4.69, 9.17) is 4.74 Å². The Balaban J connectivity index is 1.29. The lowest BCUT2D eigenvalue weighted by Gasteiger charge is -2.47. The molecule has 1 aromatic heterocycles. The van der Waals surface area contributed by atoms with Gasteiger partial charge in [0.2, 0.25) is 17.7 Å². The molecule has 2 saturated heterocycles. The molecule has 2 saturated carbocycles. The van der Waals surface area contributed by atoms with Gasteiger partial charge in [-0.25, -0.2) is 4.98 Å². The first-order valence-corrected chi connectivity index (χ1v) is 11.8. The van der Waals surface area contributed by atoms with Crippen LogP contribution in [0.5, 0.6) is 5.88 Å². The summed E-state index contributed by atoms with van der Waals surface area (Å²) in [6.07, 6.45) is 8.26. The van der Waals surface area contributed by atoms with Crippen molar-refractivity contribution in [2.75, 3.05) is 18.0 Å². The van der Waals surface area contributed by atoms with Gasteiger partial charge in [-0.05, 0) is 70.8 Å². The van der Waals surface area contributed by atoms with Gasteiger partial charge in [0.15, 0.2) is 0 Å². The van der Waals surface area contributed by atoms with Crippen LogP contribution in [-0.2, 0) is 9.59 Å². The number of aliphatic hydroxyl groups is 1. The number of rotatable bonds is 5. The molecule has 3 atom stereocenters. The number of hydrogen-bond acceptors (Lipinski definition) is 5. The molecule has 2 aliphatic carbocycles. The van der Waals surface area contributed by atoms with Crippen molar-refractivity contribution in [2.45, 2.75) is 82.5 Å². The van der Waals surface area contributed by atoms with E-state index in [-0.39, 0.29) is 29.4 Å². The fourth-order valence-electron chi connectivity index (χ4n) is 5.90. The summed E-state index contributed by atoms with van der Waals surface area (Å²) in [6.45, 7) is 4.97. The summed E-state index contributed by atoms with van der Waals surface area (Å²) in [6, 6.07) is 3.69. The Labute approximate surface area is 183 Å². The van der Waals surface area contributed by atoms with Crippen molar-refractivity contribution >= 4 is 17.5 Å². The van der Waals surface area contributed by atoms with Gasteiger partial charge < -0.3 is 19.6 Å². The van der Waals surface area contributed by atoms with Crippen LogP contribution in [0.2, 0.25) is 0 Å².